The number of nitrogens with zero attached hydrogens (tertiary/aromatic N) is 1. The smallest absolute Gasteiger partial charge is 0.462 e. The summed E-state index contributed by atoms with van der Waals surface area (Å²) in [6.45, 7) is 4.31. The van der Waals surface area contributed by atoms with E-state index in [1.54, 1.807) is 0 Å². The summed E-state index contributed by atoms with van der Waals surface area (Å²) in [4.78, 5) is 35.4. The van der Waals surface area contributed by atoms with Crippen molar-refractivity contribution >= 4 is 19.8 Å². The third kappa shape index (κ3) is 43.8. The molecule has 2 atom stereocenters. The first-order valence-electron chi connectivity index (χ1n) is 23.7. The summed E-state index contributed by atoms with van der Waals surface area (Å²) in [6, 6.07) is 0. The highest BCUT2D eigenvalue weighted by Crippen LogP contribution is 2.43. The predicted octanol–water partition coefficient (Wildman–Crippen LogP) is 13.7. The van der Waals surface area contributed by atoms with Crippen LogP contribution in [0, 0.1) is 0 Å². The van der Waals surface area contributed by atoms with Crippen molar-refractivity contribution in [2.75, 3.05) is 47.5 Å². The van der Waals surface area contributed by atoms with Crippen LogP contribution in [0.5, 0.6) is 0 Å². The summed E-state index contributed by atoms with van der Waals surface area (Å²) in [5, 5.41) is 0. The lowest BCUT2D eigenvalue weighted by molar-refractivity contribution is -0.870. The SMILES string of the molecule is CC/C=C\C/C=C\C/C=C\CCCCCCCC(=O)OC(COC(=O)CCCCCCCCCCCCCCCCCCCCC)COP(=O)(O)OCC[N+](C)(C)C. The summed E-state index contributed by atoms with van der Waals surface area (Å²) < 4.78 is 34.4. The summed E-state index contributed by atoms with van der Waals surface area (Å²) in [7, 11) is 1.47. The number of carbonyl (C=O) groups excluding carboxylic acids is 2. The molecule has 340 valence electrons. The summed E-state index contributed by atoms with van der Waals surface area (Å²) >= 11 is 0. The Balaban J connectivity index is 4.28. The lowest BCUT2D eigenvalue weighted by Gasteiger charge is -2.24. The average Bonchev–Trinajstić information content (AvgIpc) is 3.17. The topological polar surface area (TPSA) is 108 Å². The van der Waals surface area contributed by atoms with Gasteiger partial charge in [-0.2, -0.15) is 0 Å². The second-order valence-electron chi connectivity index (χ2n) is 17.1. The van der Waals surface area contributed by atoms with Crippen molar-refractivity contribution < 1.29 is 42.1 Å². The fraction of sp³-hybridized carbons (Fsp3) is 0.833. The average molecular weight is 841 g/mol. The van der Waals surface area contributed by atoms with Crippen LogP contribution < -0.4 is 0 Å². The van der Waals surface area contributed by atoms with Gasteiger partial charge in [0.05, 0.1) is 27.7 Å². The largest absolute Gasteiger partial charge is 0.472 e. The second-order valence-corrected chi connectivity index (χ2v) is 18.6. The van der Waals surface area contributed by atoms with E-state index < -0.39 is 26.5 Å². The molecular formula is C48H91NO8P+. The van der Waals surface area contributed by atoms with E-state index in [-0.39, 0.29) is 32.0 Å². The van der Waals surface area contributed by atoms with Gasteiger partial charge in [0.15, 0.2) is 6.10 Å². The van der Waals surface area contributed by atoms with Crippen molar-refractivity contribution in [3.05, 3.63) is 36.5 Å². The van der Waals surface area contributed by atoms with Crippen LogP contribution in [0.4, 0.5) is 0 Å². The van der Waals surface area contributed by atoms with Crippen molar-refractivity contribution in [2.24, 2.45) is 0 Å². The molecule has 1 N–H and O–H groups in total. The first-order chi connectivity index (χ1) is 28.0. The van der Waals surface area contributed by atoms with Crippen LogP contribution in [-0.2, 0) is 32.7 Å². The van der Waals surface area contributed by atoms with Crippen LogP contribution in [0.2, 0.25) is 0 Å². The Morgan fingerprint density at radius 3 is 1.47 bits per heavy atom. The van der Waals surface area contributed by atoms with Crippen LogP contribution in [0.1, 0.15) is 206 Å². The monoisotopic (exact) mass is 841 g/mol. The predicted molar refractivity (Wildman–Crippen MR) is 243 cm³/mol. The Kier molecular flexibility index (Phi) is 39.4. The maximum absolute atomic E-state index is 12.7. The fourth-order valence-corrected chi connectivity index (χ4v) is 7.24. The molecule has 0 fully saturated rings. The Labute approximate surface area is 357 Å². The van der Waals surface area contributed by atoms with E-state index in [2.05, 4.69) is 50.3 Å². The zero-order valence-corrected chi connectivity index (χ0v) is 39.2. The van der Waals surface area contributed by atoms with Gasteiger partial charge in [-0.25, -0.2) is 4.57 Å². The van der Waals surface area contributed by atoms with Crippen molar-refractivity contribution in [1.29, 1.82) is 0 Å². The number of phosphoric acid groups is 1. The number of hydrogen-bond donors (Lipinski definition) is 1. The van der Waals surface area contributed by atoms with Crippen LogP contribution in [0.25, 0.3) is 0 Å². The lowest BCUT2D eigenvalue weighted by Crippen LogP contribution is -2.37. The molecule has 0 aromatic rings. The highest BCUT2D eigenvalue weighted by molar-refractivity contribution is 7.47. The molecule has 0 aliphatic carbocycles. The molecule has 0 aliphatic rings. The molecule has 58 heavy (non-hydrogen) atoms. The van der Waals surface area contributed by atoms with Crippen LogP contribution in [0.15, 0.2) is 36.5 Å². The Morgan fingerprint density at radius 2 is 0.983 bits per heavy atom. The number of allylic oxidation sites excluding steroid dienone is 6. The Morgan fingerprint density at radius 1 is 0.552 bits per heavy atom. The fourth-order valence-electron chi connectivity index (χ4n) is 6.50. The molecule has 0 saturated heterocycles. The summed E-state index contributed by atoms with van der Waals surface area (Å²) in [5.41, 5.74) is 0. The Hall–Kier alpha value is -1.77. The quantitative estimate of drug-likeness (QED) is 0.0213. The van der Waals surface area contributed by atoms with Crippen molar-refractivity contribution in [3.63, 3.8) is 0 Å². The van der Waals surface area contributed by atoms with E-state index in [0.29, 0.717) is 17.4 Å². The number of likely N-dealkylation sites (N-methyl/N-ethyl adjacent to an activating group) is 1. The zero-order chi connectivity index (χ0) is 42.8. The molecule has 0 heterocycles. The van der Waals surface area contributed by atoms with Crippen LogP contribution in [-0.4, -0.2) is 74.9 Å². The van der Waals surface area contributed by atoms with Gasteiger partial charge in [-0.05, 0) is 44.9 Å². The Bertz CT molecular complexity index is 1090. The van der Waals surface area contributed by atoms with Gasteiger partial charge in [-0.3, -0.25) is 18.6 Å². The maximum atomic E-state index is 12.7. The standard InChI is InChI=1S/C48H90NO8P/c1-6-8-10-12-14-16-18-20-22-23-24-25-27-28-30-32-34-36-38-40-47(50)54-44-46(45-56-58(52,53)55-43-42-49(3,4)5)57-48(51)41-39-37-35-33-31-29-26-21-19-17-15-13-11-9-7-2/h9,11,15,17,21,26,46H,6-8,10,12-14,16,18-20,22-25,27-45H2,1-5H3/p+1/b11-9-,17-15-,26-21-. The van der Waals surface area contributed by atoms with Gasteiger partial charge in [0.25, 0.3) is 0 Å². The number of ether oxygens (including phenoxy) is 2. The van der Waals surface area contributed by atoms with E-state index >= 15 is 0 Å². The number of esters is 2. The molecule has 0 aromatic heterocycles. The number of quaternary nitrogens is 1. The summed E-state index contributed by atoms with van der Waals surface area (Å²) in [5.74, 6) is -0.811. The van der Waals surface area contributed by atoms with E-state index in [1.807, 2.05) is 21.1 Å². The van der Waals surface area contributed by atoms with E-state index in [9.17, 15) is 19.0 Å². The molecule has 0 aliphatic heterocycles. The molecule has 2 unspecified atom stereocenters. The molecule has 10 heteroatoms. The highest BCUT2D eigenvalue weighted by atomic mass is 31.2. The van der Waals surface area contributed by atoms with Gasteiger partial charge in [0, 0.05) is 12.8 Å². The first-order valence-corrected chi connectivity index (χ1v) is 25.2. The van der Waals surface area contributed by atoms with Gasteiger partial charge in [0.2, 0.25) is 0 Å². The molecular weight excluding hydrogens is 750 g/mol. The van der Waals surface area contributed by atoms with Crippen molar-refractivity contribution in [2.45, 2.75) is 213 Å². The minimum atomic E-state index is -4.38. The number of carbonyl (C=O) groups is 2. The molecule has 0 aromatic carbocycles. The van der Waals surface area contributed by atoms with Gasteiger partial charge < -0.3 is 18.9 Å². The molecule has 0 radical (unpaired) electrons. The zero-order valence-electron chi connectivity index (χ0n) is 38.3. The molecule has 0 amide bonds. The minimum absolute atomic E-state index is 0.0288. The first kappa shape index (κ1) is 56.2. The van der Waals surface area contributed by atoms with Gasteiger partial charge in [-0.1, -0.05) is 185 Å². The van der Waals surface area contributed by atoms with Gasteiger partial charge in [-0.15, -0.1) is 0 Å². The molecule has 0 spiro atoms. The van der Waals surface area contributed by atoms with Crippen LogP contribution >= 0.6 is 7.82 Å². The molecule has 0 bridgehead atoms. The van der Waals surface area contributed by atoms with Gasteiger partial charge >= 0.3 is 19.8 Å². The van der Waals surface area contributed by atoms with Gasteiger partial charge in [0.1, 0.15) is 19.8 Å². The van der Waals surface area contributed by atoms with Crippen molar-refractivity contribution in [3.8, 4) is 0 Å². The van der Waals surface area contributed by atoms with E-state index in [1.165, 1.54) is 103 Å². The third-order valence-electron chi connectivity index (χ3n) is 10.2. The van der Waals surface area contributed by atoms with Crippen LogP contribution in [0.3, 0.4) is 0 Å². The number of unbranched alkanes of at least 4 members (excludes halogenated alkanes) is 23. The normalized spacial score (nSPS) is 13.8. The highest BCUT2D eigenvalue weighted by Gasteiger charge is 2.27. The molecule has 0 saturated carbocycles. The maximum Gasteiger partial charge on any atom is 0.472 e. The molecule has 9 nitrogen and oxygen atoms in total. The second kappa shape index (κ2) is 40.6. The number of hydrogen-bond acceptors (Lipinski definition) is 7. The summed E-state index contributed by atoms with van der Waals surface area (Å²) in [6.07, 6.45) is 46.2. The van der Waals surface area contributed by atoms with E-state index in [0.717, 1.165) is 70.6 Å². The molecule has 0 rings (SSSR count). The minimum Gasteiger partial charge on any atom is -0.462 e. The lowest BCUT2D eigenvalue weighted by atomic mass is 10.0. The number of rotatable bonds is 43. The number of phosphoric ester groups is 1. The van der Waals surface area contributed by atoms with E-state index in [4.69, 9.17) is 18.5 Å². The third-order valence-corrected chi connectivity index (χ3v) is 11.2. The van der Waals surface area contributed by atoms with Crippen molar-refractivity contribution in [1.82, 2.24) is 0 Å².